The first kappa shape index (κ1) is 18.8. The Hall–Kier alpha value is -1.24. The van der Waals surface area contributed by atoms with E-state index in [4.69, 9.17) is 5.11 Å². The van der Waals surface area contributed by atoms with Crippen LogP contribution in [-0.2, 0) is 14.4 Å². The van der Waals surface area contributed by atoms with E-state index in [1.807, 2.05) is 20.8 Å². The van der Waals surface area contributed by atoms with Crippen molar-refractivity contribution in [2.45, 2.75) is 57.4 Å². The van der Waals surface area contributed by atoms with Crippen molar-refractivity contribution in [3.05, 3.63) is 0 Å². The third-order valence-corrected chi connectivity index (χ3v) is 4.24. The lowest BCUT2D eigenvalue weighted by atomic mass is 10.0. The molecule has 0 aliphatic carbocycles. The van der Waals surface area contributed by atoms with Crippen molar-refractivity contribution in [3.63, 3.8) is 0 Å². The lowest BCUT2D eigenvalue weighted by Gasteiger charge is -2.26. The number of amides is 2. The van der Waals surface area contributed by atoms with Crippen LogP contribution in [0.2, 0.25) is 0 Å². The summed E-state index contributed by atoms with van der Waals surface area (Å²) in [5.41, 5.74) is -0.241. The number of aliphatic carboxylic acids is 1. The Kier molecular flexibility index (Phi) is 8.29. The first-order valence-corrected chi connectivity index (χ1v) is 7.64. The van der Waals surface area contributed by atoms with E-state index in [-0.39, 0.29) is 23.1 Å². The molecule has 0 aliphatic heterocycles. The second kappa shape index (κ2) is 8.84. The Morgan fingerprint density at radius 1 is 1.40 bits per heavy atom. The standard InChI is InChI=1S/C13H24N2O4S/c1-5-13(3,4)15-11(17)9(2)20-7-6-10(12(18)19)14-8-16/h8-10H,5-7H2,1-4H3,(H,14,16)(H,15,17)(H,18,19). The van der Waals surface area contributed by atoms with Crippen LogP contribution in [0.1, 0.15) is 40.5 Å². The molecular weight excluding hydrogens is 280 g/mol. The maximum Gasteiger partial charge on any atom is 0.326 e. The van der Waals surface area contributed by atoms with Crippen LogP contribution in [0.5, 0.6) is 0 Å². The van der Waals surface area contributed by atoms with Crippen molar-refractivity contribution in [2.75, 3.05) is 5.75 Å². The van der Waals surface area contributed by atoms with Crippen LogP contribution in [0.15, 0.2) is 0 Å². The lowest BCUT2D eigenvalue weighted by Crippen LogP contribution is -2.46. The fourth-order valence-corrected chi connectivity index (χ4v) is 2.26. The third-order valence-electron chi connectivity index (χ3n) is 3.06. The first-order chi connectivity index (χ1) is 9.23. The van der Waals surface area contributed by atoms with Crippen LogP contribution < -0.4 is 10.6 Å². The molecule has 2 atom stereocenters. The Balaban J connectivity index is 4.15. The molecule has 0 bridgehead atoms. The third kappa shape index (κ3) is 7.37. The molecule has 116 valence electrons. The summed E-state index contributed by atoms with van der Waals surface area (Å²) in [5, 5.41) is 13.8. The Morgan fingerprint density at radius 2 is 2.00 bits per heavy atom. The molecule has 3 N–H and O–H groups in total. The number of rotatable bonds is 10. The highest BCUT2D eigenvalue weighted by molar-refractivity contribution is 8.00. The molecule has 6 nitrogen and oxygen atoms in total. The van der Waals surface area contributed by atoms with Crippen molar-refractivity contribution < 1.29 is 19.5 Å². The average Bonchev–Trinajstić information content (AvgIpc) is 2.36. The van der Waals surface area contributed by atoms with Crippen LogP contribution in [0.25, 0.3) is 0 Å². The van der Waals surface area contributed by atoms with Crippen molar-refractivity contribution in [2.24, 2.45) is 0 Å². The number of carbonyl (C=O) groups excluding carboxylic acids is 2. The smallest absolute Gasteiger partial charge is 0.326 e. The van der Waals surface area contributed by atoms with Gasteiger partial charge < -0.3 is 15.7 Å². The Bertz CT molecular complexity index is 347. The highest BCUT2D eigenvalue weighted by atomic mass is 32.2. The van der Waals surface area contributed by atoms with E-state index in [1.165, 1.54) is 11.8 Å². The maximum atomic E-state index is 11.9. The fourth-order valence-electron chi connectivity index (χ4n) is 1.32. The number of carbonyl (C=O) groups is 3. The maximum absolute atomic E-state index is 11.9. The van der Waals surface area contributed by atoms with Gasteiger partial charge in [0.2, 0.25) is 12.3 Å². The van der Waals surface area contributed by atoms with E-state index >= 15 is 0 Å². The van der Waals surface area contributed by atoms with Gasteiger partial charge in [-0.25, -0.2) is 4.79 Å². The molecule has 0 spiro atoms. The van der Waals surface area contributed by atoms with Gasteiger partial charge in [-0.3, -0.25) is 9.59 Å². The summed E-state index contributed by atoms with van der Waals surface area (Å²) in [6.45, 7) is 7.70. The largest absolute Gasteiger partial charge is 0.480 e. The highest BCUT2D eigenvalue weighted by Crippen LogP contribution is 2.15. The van der Waals surface area contributed by atoms with Crippen molar-refractivity contribution in [1.29, 1.82) is 0 Å². The first-order valence-electron chi connectivity index (χ1n) is 6.59. The van der Waals surface area contributed by atoms with Gasteiger partial charge in [-0.15, -0.1) is 11.8 Å². The van der Waals surface area contributed by atoms with Crippen molar-refractivity contribution in [1.82, 2.24) is 10.6 Å². The zero-order valence-electron chi connectivity index (χ0n) is 12.4. The second-order valence-electron chi connectivity index (χ2n) is 5.20. The minimum Gasteiger partial charge on any atom is -0.480 e. The number of thioether (sulfide) groups is 1. The van der Waals surface area contributed by atoms with Gasteiger partial charge in [-0.1, -0.05) is 6.92 Å². The van der Waals surface area contributed by atoms with Gasteiger partial charge >= 0.3 is 5.97 Å². The molecule has 20 heavy (non-hydrogen) atoms. The van der Waals surface area contributed by atoms with Gasteiger partial charge in [0.1, 0.15) is 6.04 Å². The van der Waals surface area contributed by atoms with E-state index in [2.05, 4.69) is 10.6 Å². The summed E-state index contributed by atoms with van der Waals surface area (Å²) in [4.78, 5) is 33.0. The van der Waals surface area contributed by atoms with Crippen LogP contribution in [0, 0.1) is 0 Å². The summed E-state index contributed by atoms with van der Waals surface area (Å²) >= 11 is 1.38. The van der Waals surface area contributed by atoms with Crippen LogP contribution in [0.3, 0.4) is 0 Å². The van der Waals surface area contributed by atoms with E-state index in [0.29, 0.717) is 12.2 Å². The number of hydrogen-bond acceptors (Lipinski definition) is 4. The molecule has 0 aliphatic rings. The Morgan fingerprint density at radius 3 is 2.45 bits per heavy atom. The highest BCUT2D eigenvalue weighted by Gasteiger charge is 2.23. The summed E-state index contributed by atoms with van der Waals surface area (Å²) < 4.78 is 0. The predicted molar refractivity (Wildman–Crippen MR) is 79.7 cm³/mol. The molecular formula is C13H24N2O4S. The fraction of sp³-hybridized carbons (Fsp3) is 0.769. The van der Waals surface area contributed by atoms with E-state index in [0.717, 1.165) is 6.42 Å². The van der Waals surface area contributed by atoms with Gasteiger partial charge in [0, 0.05) is 5.54 Å². The minimum atomic E-state index is -1.07. The van der Waals surface area contributed by atoms with Gasteiger partial charge in [0.15, 0.2) is 0 Å². The summed E-state index contributed by atoms with van der Waals surface area (Å²) in [7, 11) is 0. The van der Waals surface area contributed by atoms with E-state index in [9.17, 15) is 14.4 Å². The number of hydrogen-bond donors (Lipinski definition) is 3. The molecule has 0 aromatic carbocycles. The predicted octanol–water partition coefficient (Wildman–Crippen LogP) is 1.00. The molecule has 0 aromatic rings. The monoisotopic (exact) mass is 304 g/mol. The summed E-state index contributed by atoms with van der Waals surface area (Å²) in [6, 6.07) is -0.901. The number of nitrogens with one attached hydrogen (secondary N) is 2. The molecule has 2 amide bonds. The van der Waals surface area contributed by atoms with Gasteiger partial charge in [-0.2, -0.15) is 0 Å². The molecule has 0 heterocycles. The topological polar surface area (TPSA) is 95.5 Å². The molecule has 7 heteroatoms. The molecule has 0 aromatic heterocycles. The van der Waals surface area contributed by atoms with Crippen LogP contribution in [0.4, 0.5) is 0 Å². The molecule has 0 fully saturated rings. The average molecular weight is 304 g/mol. The SMILES string of the molecule is CCC(C)(C)NC(=O)C(C)SCCC(NC=O)C(=O)O. The molecule has 2 unspecified atom stereocenters. The Labute approximate surface area is 124 Å². The van der Waals surface area contributed by atoms with Crippen LogP contribution in [-0.4, -0.2) is 46.0 Å². The molecule has 0 saturated heterocycles. The molecule has 0 saturated carbocycles. The zero-order chi connectivity index (χ0) is 15.8. The van der Waals surface area contributed by atoms with E-state index in [1.54, 1.807) is 6.92 Å². The molecule has 0 rings (SSSR count). The van der Waals surface area contributed by atoms with Crippen molar-refractivity contribution in [3.8, 4) is 0 Å². The second-order valence-corrected chi connectivity index (χ2v) is 6.65. The van der Waals surface area contributed by atoms with Crippen molar-refractivity contribution >= 4 is 30.0 Å². The number of carboxylic acids is 1. The summed E-state index contributed by atoms with van der Waals surface area (Å²) in [5.74, 6) is -0.641. The molecule has 0 radical (unpaired) electrons. The quantitative estimate of drug-likeness (QED) is 0.523. The summed E-state index contributed by atoms with van der Waals surface area (Å²) in [6.07, 6.45) is 1.50. The minimum absolute atomic E-state index is 0.0583. The number of carboxylic acid groups (broad SMARTS) is 1. The van der Waals surface area contributed by atoms with Crippen LogP contribution >= 0.6 is 11.8 Å². The van der Waals surface area contributed by atoms with Gasteiger partial charge in [0.05, 0.1) is 5.25 Å². The van der Waals surface area contributed by atoms with E-state index < -0.39 is 12.0 Å². The van der Waals surface area contributed by atoms with Gasteiger partial charge in [-0.05, 0) is 39.4 Å². The van der Waals surface area contributed by atoms with Gasteiger partial charge in [0.25, 0.3) is 0 Å². The lowest BCUT2D eigenvalue weighted by molar-refractivity contribution is -0.140. The normalized spacial score (nSPS) is 14.2. The zero-order valence-corrected chi connectivity index (χ0v) is 13.3.